The summed E-state index contributed by atoms with van der Waals surface area (Å²) in [5, 5.41) is 12.0. The first-order valence-electron chi connectivity index (χ1n) is 6.46. The first-order chi connectivity index (χ1) is 9.98. The number of carboxylic acid groups (broad SMARTS) is 1. The molecular weight excluding hydrogens is 297 g/mol. The molecular formula is C14H16FNO4S. The first kappa shape index (κ1) is 15.8. The van der Waals surface area contributed by atoms with Gasteiger partial charge in [0.1, 0.15) is 11.4 Å². The van der Waals surface area contributed by atoms with Gasteiger partial charge in [0.2, 0.25) is 0 Å². The Morgan fingerprint density at radius 3 is 2.62 bits per heavy atom. The van der Waals surface area contributed by atoms with Crippen LogP contribution in [0.2, 0.25) is 0 Å². The Bertz CT molecular complexity index is 558. The van der Waals surface area contributed by atoms with Gasteiger partial charge in [-0.05, 0) is 24.5 Å². The van der Waals surface area contributed by atoms with Gasteiger partial charge in [0, 0.05) is 36.5 Å². The van der Waals surface area contributed by atoms with Crippen LogP contribution in [0.3, 0.4) is 0 Å². The summed E-state index contributed by atoms with van der Waals surface area (Å²) in [7, 11) is 0. The average molecular weight is 313 g/mol. The van der Waals surface area contributed by atoms with Gasteiger partial charge in [-0.1, -0.05) is 0 Å². The van der Waals surface area contributed by atoms with E-state index in [2.05, 4.69) is 5.32 Å². The number of rotatable bonds is 4. The molecule has 2 rings (SSSR count). The van der Waals surface area contributed by atoms with Crippen LogP contribution in [0.4, 0.5) is 4.39 Å². The van der Waals surface area contributed by atoms with E-state index in [0.29, 0.717) is 4.90 Å². The summed E-state index contributed by atoms with van der Waals surface area (Å²) in [5.74, 6) is -2.00. The number of carbonyl (C=O) groups excluding carboxylic acids is 1. The van der Waals surface area contributed by atoms with Gasteiger partial charge in [-0.3, -0.25) is 4.79 Å². The second kappa shape index (κ2) is 6.44. The van der Waals surface area contributed by atoms with E-state index in [4.69, 9.17) is 4.74 Å². The molecule has 1 aliphatic rings. The molecule has 1 aromatic rings. The summed E-state index contributed by atoms with van der Waals surface area (Å²) in [5.41, 5.74) is -1.07. The van der Waals surface area contributed by atoms with Crippen molar-refractivity contribution in [2.24, 2.45) is 0 Å². The highest BCUT2D eigenvalue weighted by molar-refractivity contribution is 7.98. The number of halogens is 1. The fourth-order valence-electron chi connectivity index (χ4n) is 2.20. The number of ether oxygens (including phenoxy) is 1. The third-order valence-corrected chi connectivity index (χ3v) is 4.27. The van der Waals surface area contributed by atoms with E-state index < -0.39 is 23.2 Å². The molecule has 1 aliphatic heterocycles. The number of amides is 1. The van der Waals surface area contributed by atoms with Crippen molar-refractivity contribution >= 4 is 23.6 Å². The van der Waals surface area contributed by atoms with Crippen molar-refractivity contribution in [3.63, 3.8) is 0 Å². The van der Waals surface area contributed by atoms with Gasteiger partial charge < -0.3 is 15.2 Å². The molecule has 0 saturated carbocycles. The maximum absolute atomic E-state index is 13.4. The molecule has 0 aliphatic carbocycles. The Morgan fingerprint density at radius 2 is 2.05 bits per heavy atom. The monoisotopic (exact) mass is 313 g/mol. The van der Waals surface area contributed by atoms with Crippen LogP contribution in [-0.2, 0) is 9.53 Å². The minimum Gasteiger partial charge on any atom is -0.480 e. The highest BCUT2D eigenvalue weighted by Crippen LogP contribution is 2.24. The zero-order valence-electron chi connectivity index (χ0n) is 11.5. The molecule has 1 amide bonds. The van der Waals surface area contributed by atoms with Gasteiger partial charge >= 0.3 is 5.97 Å². The van der Waals surface area contributed by atoms with Gasteiger partial charge in [-0.15, -0.1) is 11.8 Å². The lowest BCUT2D eigenvalue weighted by Crippen LogP contribution is -2.57. The molecule has 1 fully saturated rings. The van der Waals surface area contributed by atoms with E-state index in [1.807, 2.05) is 0 Å². The quantitative estimate of drug-likeness (QED) is 0.831. The topological polar surface area (TPSA) is 75.6 Å². The van der Waals surface area contributed by atoms with Crippen molar-refractivity contribution in [3.8, 4) is 0 Å². The molecule has 0 unspecified atom stereocenters. The van der Waals surface area contributed by atoms with Crippen molar-refractivity contribution in [2.75, 3.05) is 19.5 Å². The predicted octanol–water partition coefficient (Wildman–Crippen LogP) is 1.91. The second-order valence-electron chi connectivity index (χ2n) is 4.80. The number of hydrogen-bond acceptors (Lipinski definition) is 4. The number of carboxylic acids is 1. The third kappa shape index (κ3) is 3.36. The Labute approximate surface area is 125 Å². The molecule has 1 aromatic carbocycles. The number of nitrogens with one attached hydrogen (secondary N) is 1. The van der Waals surface area contributed by atoms with E-state index in [9.17, 15) is 19.1 Å². The van der Waals surface area contributed by atoms with Gasteiger partial charge in [-0.25, -0.2) is 9.18 Å². The van der Waals surface area contributed by atoms with Crippen LogP contribution < -0.4 is 5.32 Å². The highest BCUT2D eigenvalue weighted by atomic mass is 32.2. The van der Waals surface area contributed by atoms with E-state index in [0.717, 1.165) is 0 Å². The largest absolute Gasteiger partial charge is 0.480 e. The SMILES string of the molecule is CSc1cc(C(=O)NC2(C(=O)O)CCOCC2)ccc1F. The molecule has 1 saturated heterocycles. The molecule has 0 aromatic heterocycles. The average Bonchev–Trinajstić information content (AvgIpc) is 2.48. The molecule has 0 spiro atoms. The normalized spacial score (nSPS) is 17.2. The van der Waals surface area contributed by atoms with Gasteiger partial charge in [0.25, 0.3) is 5.91 Å². The minimum atomic E-state index is -1.32. The summed E-state index contributed by atoms with van der Waals surface area (Å²) in [6.07, 6.45) is 2.13. The summed E-state index contributed by atoms with van der Waals surface area (Å²) >= 11 is 1.19. The summed E-state index contributed by atoms with van der Waals surface area (Å²) in [6, 6.07) is 3.97. The second-order valence-corrected chi connectivity index (χ2v) is 5.65. The van der Waals surface area contributed by atoms with E-state index >= 15 is 0 Å². The number of carbonyl (C=O) groups is 2. The maximum atomic E-state index is 13.4. The zero-order valence-corrected chi connectivity index (χ0v) is 12.3. The fourth-order valence-corrected chi connectivity index (χ4v) is 2.71. The molecule has 114 valence electrons. The van der Waals surface area contributed by atoms with Crippen molar-refractivity contribution < 1.29 is 23.8 Å². The summed E-state index contributed by atoms with van der Waals surface area (Å²) in [4.78, 5) is 24.1. The molecule has 0 bridgehead atoms. The van der Waals surface area contributed by atoms with E-state index in [1.165, 1.54) is 30.0 Å². The minimum absolute atomic E-state index is 0.213. The first-order valence-corrected chi connectivity index (χ1v) is 7.68. The smallest absolute Gasteiger partial charge is 0.329 e. The Morgan fingerprint density at radius 1 is 1.38 bits per heavy atom. The molecule has 1 heterocycles. The predicted molar refractivity (Wildman–Crippen MR) is 76.1 cm³/mol. The summed E-state index contributed by atoms with van der Waals surface area (Å²) in [6.45, 7) is 0.568. The lowest BCUT2D eigenvalue weighted by atomic mass is 9.89. The van der Waals surface area contributed by atoms with Crippen LogP contribution in [0.15, 0.2) is 23.1 Å². The molecule has 0 radical (unpaired) electrons. The van der Waals surface area contributed by atoms with E-state index in [-0.39, 0.29) is 31.6 Å². The summed E-state index contributed by atoms with van der Waals surface area (Å²) < 4.78 is 18.6. The molecule has 21 heavy (non-hydrogen) atoms. The number of aliphatic carboxylic acids is 1. The Hall–Kier alpha value is -1.60. The lowest BCUT2D eigenvalue weighted by molar-refractivity contribution is -0.148. The van der Waals surface area contributed by atoms with Crippen LogP contribution in [0.1, 0.15) is 23.2 Å². The van der Waals surface area contributed by atoms with Crippen molar-refractivity contribution in [1.82, 2.24) is 5.32 Å². The fraction of sp³-hybridized carbons (Fsp3) is 0.429. The molecule has 0 atom stereocenters. The van der Waals surface area contributed by atoms with Crippen LogP contribution in [0.25, 0.3) is 0 Å². The molecule has 5 nitrogen and oxygen atoms in total. The Kier molecular flexibility index (Phi) is 4.84. The molecule has 2 N–H and O–H groups in total. The van der Waals surface area contributed by atoms with Crippen LogP contribution in [0.5, 0.6) is 0 Å². The standard InChI is InChI=1S/C14H16FNO4S/c1-21-11-8-9(2-3-10(11)15)12(17)16-14(13(18)19)4-6-20-7-5-14/h2-3,8H,4-7H2,1H3,(H,16,17)(H,18,19). The zero-order chi connectivity index (χ0) is 15.5. The third-order valence-electron chi connectivity index (χ3n) is 3.52. The van der Waals surface area contributed by atoms with Crippen molar-refractivity contribution in [3.05, 3.63) is 29.6 Å². The van der Waals surface area contributed by atoms with Gasteiger partial charge in [0.05, 0.1) is 0 Å². The van der Waals surface area contributed by atoms with E-state index in [1.54, 1.807) is 6.26 Å². The maximum Gasteiger partial charge on any atom is 0.329 e. The Balaban J connectivity index is 2.21. The van der Waals surface area contributed by atoms with Crippen LogP contribution in [0, 0.1) is 5.82 Å². The highest BCUT2D eigenvalue weighted by Gasteiger charge is 2.41. The van der Waals surface area contributed by atoms with Crippen LogP contribution >= 0.6 is 11.8 Å². The van der Waals surface area contributed by atoms with Crippen molar-refractivity contribution in [2.45, 2.75) is 23.3 Å². The van der Waals surface area contributed by atoms with Crippen LogP contribution in [-0.4, -0.2) is 42.0 Å². The number of thioether (sulfide) groups is 1. The lowest BCUT2D eigenvalue weighted by Gasteiger charge is -2.33. The van der Waals surface area contributed by atoms with Gasteiger partial charge in [0.15, 0.2) is 0 Å². The van der Waals surface area contributed by atoms with Gasteiger partial charge in [-0.2, -0.15) is 0 Å². The molecule has 7 heteroatoms. The van der Waals surface area contributed by atoms with Crippen molar-refractivity contribution in [1.29, 1.82) is 0 Å². The number of benzene rings is 1. The number of hydrogen-bond donors (Lipinski definition) is 2.